The predicted octanol–water partition coefficient (Wildman–Crippen LogP) is 0.890. The molecule has 0 spiro atoms. The molecule has 2 rings (SSSR count). The van der Waals surface area contributed by atoms with Gasteiger partial charge in [0, 0.05) is 23.6 Å². The Hall–Kier alpha value is -0.470. The fraction of sp³-hybridized carbons (Fsp3) is 0.500. The van der Waals surface area contributed by atoms with Crippen molar-refractivity contribution in [3.8, 4) is 0 Å². The van der Waals surface area contributed by atoms with Crippen LogP contribution >= 0.6 is 15.9 Å². The number of nitrogens with two attached hydrogens (primary N) is 1. The summed E-state index contributed by atoms with van der Waals surface area (Å²) in [7, 11) is -1.50. The lowest BCUT2D eigenvalue weighted by Gasteiger charge is -2.14. The van der Waals surface area contributed by atoms with Gasteiger partial charge in [-0.25, -0.2) is 13.1 Å². The standard InChI is InChI=1S/C12H18BrN3O2S/c1-16-5-4-10(8-16)15-19(17,18)12-3-2-9(7-14)6-11(12)13/h2-3,6,10,15H,4-5,7-8,14H2,1H3. The molecular weight excluding hydrogens is 330 g/mol. The number of rotatable bonds is 4. The molecule has 5 nitrogen and oxygen atoms in total. The Balaban J connectivity index is 2.19. The van der Waals surface area contributed by atoms with Crippen molar-refractivity contribution in [1.29, 1.82) is 0 Å². The minimum atomic E-state index is -3.49. The van der Waals surface area contributed by atoms with E-state index in [4.69, 9.17) is 5.73 Å². The third-order valence-electron chi connectivity index (χ3n) is 3.23. The van der Waals surface area contributed by atoms with Gasteiger partial charge in [0.05, 0.1) is 4.90 Å². The average Bonchev–Trinajstić information content (AvgIpc) is 2.73. The maximum absolute atomic E-state index is 12.3. The number of sulfonamides is 1. The van der Waals surface area contributed by atoms with Gasteiger partial charge in [-0.15, -0.1) is 0 Å². The number of likely N-dealkylation sites (tertiary alicyclic amines) is 1. The van der Waals surface area contributed by atoms with Gasteiger partial charge in [0.15, 0.2) is 0 Å². The summed E-state index contributed by atoms with van der Waals surface area (Å²) in [6.45, 7) is 2.05. The molecule has 3 N–H and O–H groups in total. The first-order valence-electron chi connectivity index (χ1n) is 6.12. The lowest BCUT2D eigenvalue weighted by molar-refractivity contribution is 0.407. The molecule has 0 amide bonds. The molecule has 1 aromatic rings. The largest absolute Gasteiger partial charge is 0.326 e. The van der Waals surface area contributed by atoms with Crippen LogP contribution in [0.3, 0.4) is 0 Å². The van der Waals surface area contributed by atoms with Crippen LogP contribution in [0, 0.1) is 0 Å². The summed E-state index contributed by atoms with van der Waals surface area (Å²) >= 11 is 3.30. The van der Waals surface area contributed by atoms with Crippen molar-refractivity contribution in [2.75, 3.05) is 20.1 Å². The second-order valence-electron chi connectivity index (χ2n) is 4.84. The molecule has 0 saturated carbocycles. The van der Waals surface area contributed by atoms with E-state index >= 15 is 0 Å². The third-order valence-corrected chi connectivity index (χ3v) is 5.73. The molecule has 0 aliphatic carbocycles. The van der Waals surface area contributed by atoms with Crippen LogP contribution in [0.4, 0.5) is 0 Å². The Morgan fingerprint density at radius 3 is 2.79 bits per heavy atom. The first kappa shape index (κ1) is 14.9. The van der Waals surface area contributed by atoms with Crippen molar-refractivity contribution in [1.82, 2.24) is 9.62 Å². The lowest BCUT2D eigenvalue weighted by atomic mass is 10.2. The van der Waals surface area contributed by atoms with Crippen LogP contribution in [-0.2, 0) is 16.6 Å². The van der Waals surface area contributed by atoms with Crippen LogP contribution in [0.5, 0.6) is 0 Å². The summed E-state index contributed by atoms with van der Waals surface area (Å²) in [5, 5.41) is 0. The smallest absolute Gasteiger partial charge is 0.241 e. The number of likely N-dealkylation sites (N-methyl/N-ethyl adjacent to an activating group) is 1. The number of hydrogen-bond donors (Lipinski definition) is 2. The van der Waals surface area contributed by atoms with Gasteiger partial charge >= 0.3 is 0 Å². The zero-order valence-corrected chi connectivity index (χ0v) is 13.2. The number of hydrogen-bond acceptors (Lipinski definition) is 4. The van der Waals surface area contributed by atoms with Gasteiger partial charge in [-0.2, -0.15) is 0 Å². The van der Waals surface area contributed by atoms with E-state index in [1.54, 1.807) is 18.2 Å². The van der Waals surface area contributed by atoms with Crippen LogP contribution in [0.2, 0.25) is 0 Å². The van der Waals surface area contributed by atoms with E-state index in [2.05, 4.69) is 25.6 Å². The van der Waals surface area contributed by atoms with Gasteiger partial charge in [-0.3, -0.25) is 0 Å². The summed E-state index contributed by atoms with van der Waals surface area (Å²) in [6.07, 6.45) is 0.842. The number of halogens is 1. The summed E-state index contributed by atoms with van der Waals surface area (Å²) in [5.41, 5.74) is 6.43. The van der Waals surface area contributed by atoms with Crippen molar-refractivity contribution in [3.63, 3.8) is 0 Å². The van der Waals surface area contributed by atoms with E-state index in [1.165, 1.54) is 0 Å². The Morgan fingerprint density at radius 2 is 2.26 bits per heavy atom. The quantitative estimate of drug-likeness (QED) is 0.848. The van der Waals surface area contributed by atoms with Gasteiger partial charge < -0.3 is 10.6 Å². The highest BCUT2D eigenvalue weighted by atomic mass is 79.9. The summed E-state index contributed by atoms with van der Waals surface area (Å²) < 4.78 is 27.9. The minimum absolute atomic E-state index is 0.0175. The second kappa shape index (κ2) is 5.88. The zero-order chi connectivity index (χ0) is 14.0. The molecule has 1 aliphatic heterocycles. The summed E-state index contributed by atoms with van der Waals surface area (Å²) in [5.74, 6) is 0. The van der Waals surface area contributed by atoms with Gasteiger partial charge in [0.2, 0.25) is 10.0 Å². The number of nitrogens with zero attached hydrogens (tertiary/aromatic N) is 1. The molecule has 1 saturated heterocycles. The van der Waals surface area contributed by atoms with Gasteiger partial charge in [0.25, 0.3) is 0 Å². The molecule has 19 heavy (non-hydrogen) atoms. The van der Waals surface area contributed by atoms with Gasteiger partial charge in [-0.05, 0) is 53.6 Å². The molecule has 0 bridgehead atoms. The van der Waals surface area contributed by atoms with Crippen molar-refractivity contribution >= 4 is 26.0 Å². The molecule has 106 valence electrons. The fourth-order valence-electron chi connectivity index (χ4n) is 2.20. The van der Waals surface area contributed by atoms with E-state index in [0.29, 0.717) is 11.0 Å². The first-order valence-corrected chi connectivity index (χ1v) is 8.39. The van der Waals surface area contributed by atoms with Crippen molar-refractivity contribution in [2.45, 2.75) is 23.9 Å². The molecule has 7 heteroatoms. The molecule has 1 heterocycles. The monoisotopic (exact) mass is 347 g/mol. The maximum Gasteiger partial charge on any atom is 0.241 e. The highest BCUT2D eigenvalue weighted by molar-refractivity contribution is 9.10. The van der Waals surface area contributed by atoms with Crippen molar-refractivity contribution < 1.29 is 8.42 Å². The molecule has 0 aromatic heterocycles. The minimum Gasteiger partial charge on any atom is -0.326 e. The van der Waals surface area contributed by atoms with E-state index in [9.17, 15) is 8.42 Å². The Bertz CT molecular complexity index is 562. The fourth-order valence-corrected chi connectivity index (χ4v) is 4.59. The zero-order valence-electron chi connectivity index (χ0n) is 10.8. The molecule has 0 radical (unpaired) electrons. The van der Waals surface area contributed by atoms with E-state index in [-0.39, 0.29) is 10.9 Å². The number of nitrogens with one attached hydrogen (secondary N) is 1. The average molecular weight is 348 g/mol. The highest BCUT2D eigenvalue weighted by Crippen LogP contribution is 2.24. The van der Waals surface area contributed by atoms with E-state index in [1.807, 2.05) is 7.05 Å². The topological polar surface area (TPSA) is 75.4 Å². The highest BCUT2D eigenvalue weighted by Gasteiger charge is 2.26. The van der Waals surface area contributed by atoms with Crippen LogP contribution in [0.25, 0.3) is 0 Å². The van der Waals surface area contributed by atoms with Crippen LogP contribution in [-0.4, -0.2) is 39.5 Å². The van der Waals surface area contributed by atoms with Crippen LogP contribution in [0.15, 0.2) is 27.6 Å². The Kier molecular flexibility index (Phi) is 4.62. The molecule has 1 unspecified atom stereocenters. The Morgan fingerprint density at radius 1 is 1.53 bits per heavy atom. The van der Waals surface area contributed by atoms with E-state index < -0.39 is 10.0 Å². The van der Waals surface area contributed by atoms with Crippen molar-refractivity contribution in [3.05, 3.63) is 28.2 Å². The molecule has 1 fully saturated rings. The SMILES string of the molecule is CN1CCC(NS(=O)(=O)c2ccc(CN)cc2Br)C1. The second-order valence-corrected chi connectivity index (χ2v) is 7.37. The Labute approximate surface area is 122 Å². The number of benzene rings is 1. The van der Waals surface area contributed by atoms with Crippen LogP contribution < -0.4 is 10.5 Å². The van der Waals surface area contributed by atoms with E-state index in [0.717, 1.165) is 25.1 Å². The lowest BCUT2D eigenvalue weighted by Crippen LogP contribution is -2.36. The summed E-state index contributed by atoms with van der Waals surface area (Å²) in [4.78, 5) is 2.37. The molecular formula is C12H18BrN3O2S. The molecule has 1 aliphatic rings. The van der Waals surface area contributed by atoms with Crippen molar-refractivity contribution in [2.24, 2.45) is 5.73 Å². The third kappa shape index (κ3) is 3.55. The van der Waals surface area contributed by atoms with Crippen LogP contribution in [0.1, 0.15) is 12.0 Å². The predicted molar refractivity (Wildman–Crippen MR) is 78.3 cm³/mol. The first-order chi connectivity index (χ1) is 8.92. The van der Waals surface area contributed by atoms with Gasteiger partial charge in [0.1, 0.15) is 0 Å². The summed E-state index contributed by atoms with van der Waals surface area (Å²) in [6, 6.07) is 5.05. The van der Waals surface area contributed by atoms with Gasteiger partial charge in [-0.1, -0.05) is 6.07 Å². The normalized spacial score (nSPS) is 20.9. The molecule has 1 aromatic carbocycles. The maximum atomic E-state index is 12.3. The molecule has 1 atom stereocenters.